The smallest absolute Gasteiger partial charge is 0.245 e. The van der Waals surface area contributed by atoms with Gasteiger partial charge in [-0.15, -0.1) is 0 Å². The number of H-pyrrole nitrogens is 1. The number of piperazine rings is 1. The molecule has 254 valence electrons. The van der Waals surface area contributed by atoms with E-state index >= 15 is 0 Å². The zero-order valence-corrected chi connectivity index (χ0v) is 27.8. The van der Waals surface area contributed by atoms with Crippen LogP contribution in [0, 0.1) is 5.82 Å². The average molecular weight is 664 g/mol. The highest BCUT2D eigenvalue weighted by Crippen LogP contribution is 2.30. The molecule has 1 unspecified atom stereocenters. The summed E-state index contributed by atoms with van der Waals surface area (Å²) in [5.41, 5.74) is 17.3. The fourth-order valence-corrected chi connectivity index (χ4v) is 6.42. The molecule has 3 aromatic carbocycles. The molecule has 3 heterocycles. The number of nitrogens with two attached hydrogens (primary N) is 2. The molecule has 2 saturated heterocycles. The van der Waals surface area contributed by atoms with Crippen LogP contribution in [0.3, 0.4) is 0 Å². The summed E-state index contributed by atoms with van der Waals surface area (Å²) in [6.07, 6.45) is 3.62. The minimum absolute atomic E-state index is 0.0118. The number of nitrogens with one attached hydrogen (secondary N) is 2. The van der Waals surface area contributed by atoms with Gasteiger partial charge in [-0.25, -0.2) is 4.39 Å². The third-order valence-corrected chi connectivity index (χ3v) is 9.33. The molecule has 0 spiro atoms. The van der Waals surface area contributed by atoms with Gasteiger partial charge in [0.15, 0.2) is 0 Å². The molecule has 2 aliphatic heterocycles. The first-order valence-electron chi connectivity index (χ1n) is 16.4. The molecule has 11 nitrogen and oxygen atoms in total. The Kier molecular flexibility index (Phi) is 9.61. The maximum absolute atomic E-state index is 13.5. The monoisotopic (exact) mass is 663 g/mol. The zero-order chi connectivity index (χ0) is 34.7. The van der Waals surface area contributed by atoms with Gasteiger partial charge in [0, 0.05) is 67.3 Å². The van der Waals surface area contributed by atoms with Gasteiger partial charge in [-0.3, -0.25) is 24.6 Å². The Hall–Kier alpha value is -5.33. The Balaban J connectivity index is 1.02. The summed E-state index contributed by atoms with van der Waals surface area (Å²) < 4.78 is 13.5. The number of likely N-dealkylation sites (tertiary alicyclic amines) is 1. The highest BCUT2D eigenvalue weighted by molar-refractivity contribution is 6.02. The zero-order valence-electron chi connectivity index (χ0n) is 27.8. The van der Waals surface area contributed by atoms with Crippen LogP contribution in [0.5, 0.6) is 0 Å². The van der Waals surface area contributed by atoms with Crippen molar-refractivity contribution in [2.75, 3.05) is 49.5 Å². The van der Waals surface area contributed by atoms with Gasteiger partial charge in [0.2, 0.25) is 11.8 Å². The maximum atomic E-state index is 13.5. The number of carbonyl (C=O) groups excluding carboxylic acids is 2. The van der Waals surface area contributed by atoms with Crippen LogP contribution in [0.4, 0.5) is 15.8 Å². The van der Waals surface area contributed by atoms with Gasteiger partial charge in [-0.05, 0) is 92.2 Å². The van der Waals surface area contributed by atoms with Crippen LogP contribution in [0.1, 0.15) is 25.8 Å². The van der Waals surface area contributed by atoms with Gasteiger partial charge in [-0.2, -0.15) is 5.10 Å². The molecule has 1 aromatic heterocycles. The van der Waals surface area contributed by atoms with Crippen molar-refractivity contribution in [3.63, 3.8) is 0 Å². The van der Waals surface area contributed by atoms with E-state index < -0.39 is 5.54 Å². The number of hydrogen-bond acceptors (Lipinski definition) is 8. The largest absolute Gasteiger partial charge is 0.404 e. The second-order valence-electron chi connectivity index (χ2n) is 13.0. The van der Waals surface area contributed by atoms with Crippen molar-refractivity contribution in [2.45, 2.75) is 31.8 Å². The quantitative estimate of drug-likeness (QED) is 0.195. The normalized spacial score (nSPS) is 20.3. The molecule has 2 amide bonds. The lowest BCUT2D eigenvalue weighted by Crippen LogP contribution is -2.57. The number of anilines is 2. The summed E-state index contributed by atoms with van der Waals surface area (Å²) in [4.78, 5) is 37.4. The molecule has 12 heteroatoms. The number of allylic oxidation sites excluding steroid dienone is 1. The SMILES string of the molecule is C=C(N=C/C(C)=C\N)c1ccc(N2CCN(C(=O)CN3CCC(N)(C(=O)Nc4ccc5[nH]nc(-c6ccc(F)cc6)c5c4)C3)[C@H](C)C2)cc1. The number of benzene rings is 3. The summed E-state index contributed by atoms with van der Waals surface area (Å²) in [7, 11) is 0. The van der Waals surface area contributed by atoms with Crippen molar-refractivity contribution in [1.82, 2.24) is 20.0 Å². The number of rotatable bonds is 9. The minimum Gasteiger partial charge on any atom is -0.404 e. The van der Waals surface area contributed by atoms with Crippen LogP contribution in [0.2, 0.25) is 0 Å². The van der Waals surface area contributed by atoms with Gasteiger partial charge in [-0.1, -0.05) is 18.7 Å². The molecule has 0 radical (unpaired) electrons. The van der Waals surface area contributed by atoms with E-state index in [0.29, 0.717) is 49.7 Å². The van der Waals surface area contributed by atoms with E-state index in [-0.39, 0.29) is 36.8 Å². The highest BCUT2D eigenvalue weighted by Gasteiger charge is 2.42. The minimum atomic E-state index is -1.14. The van der Waals surface area contributed by atoms with Crippen LogP contribution < -0.4 is 21.7 Å². The van der Waals surface area contributed by atoms with E-state index in [9.17, 15) is 14.0 Å². The molecule has 6 rings (SSSR count). The predicted octanol–water partition coefficient (Wildman–Crippen LogP) is 4.35. The van der Waals surface area contributed by atoms with Crippen LogP contribution in [-0.2, 0) is 9.59 Å². The molecular formula is C37H42FN9O2. The van der Waals surface area contributed by atoms with E-state index in [1.54, 1.807) is 24.4 Å². The highest BCUT2D eigenvalue weighted by atomic mass is 19.1. The first kappa shape index (κ1) is 33.6. The standard InChI is InChI=1S/C37H42FN9O2/c1-24(19-39)20-41-26(3)27-6-11-31(12-7-27)46-16-17-47(25(2)21-46)34(48)22-45-15-14-37(40,23-45)36(49)42-30-10-13-33-32(18-30)35(44-43-33)28-4-8-29(38)9-5-28/h4-13,18-20,25H,3,14-17,21-23,39-40H2,1-2H3,(H,42,49)(H,43,44)/b24-19-,41-20?/t25-,37?/m1/s1. The number of amides is 2. The molecule has 0 aliphatic carbocycles. The molecule has 6 N–H and O–H groups in total. The van der Waals surface area contributed by atoms with Crippen LogP contribution >= 0.6 is 0 Å². The van der Waals surface area contributed by atoms with E-state index in [2.05, 4.69) is 51.0 Å². The summed E-state index contributed by atoms with van der Waals surface area (Å²) in [6, 6.07) is 19.7. The van der Waals surface area contributed by atoms with Gasteiger partial charge >= 0.3 is 0 Å². The van der Waals surface area contributed by atoms with Crippen molar-refractivity contribution in [2.24, 2.45) is 16.5 Å². The van der Waals surface area contributed by atoms with Crippen molar-refractivity contribution in [3.8, 4) is 11.3 Å². The van der Waals surface area contributed by atoms with E-state index in [4.69, 9.17) is 11.5 Å². The van der Waals surface area contributed by atoms with Crippen LogP contribution in [0.15, 0.2) is 90.1 Å². The van der Waals surface area contributed by atoms with E-state index in [1.807, 2.05) is 41.0 Å². The van der Waals surface area contributed by atoms with Crippen molar-refractivity contribution in [3.05, 3.63) is 96.5 Å². The lowest BCUT2D eigenvalue weighted by atomic mass is 9.98. The van der Waals surface area contributed by atoms with Gasteiger partial charge in [0.1, 0.15) is 11.4 Å². The Labute approximate surface area is 285 Å². The van der Waals surface area contributed by atoms with Gasteiger partial charge < -0.3 is 26.6 Å². The van der Waals surface area contributed by atoms with Crippen molar-refractivity contribution < 1.29 is 14.0 Å². The summed E-state index contributed by atoms with van der Waals surface area (Å²) >= 11 is 0. The number of halogens is 1. The molecule has 4 aromatic rings. The molecule has 2 atom stereocenters. The fourth-order valence-electron chi connectivity index (χ4n) is 6.42. The number of fused-ring (bicyclic) bond motifs is 1. The predicted molar refractivity (Wildman–Crippen MR) is 193 cm³/mol. The van der Waals surface area contributed by atoms with Gasteiger partial charge in [0.05, 0.1) is 23.5 Å². The molecule has 0 saturated carbocycles. The molecular weight excluding hydrogens is 621 g/mol. The lowest BCUT2D eigenvalue weighted by Gasteiger charge is -2.41. The summed E-state index contributed by atoms with van der Waals surface area (Å²) in [5, 5.41) is 11.1. The van der Waals surface area contributed by atoms with Gasteiger partial charge in [0.25, 0.3) is 0 Å². The third kappa shape index (κ3) is 7.40. The first-order chi connectivity index (χ1) is 23.5. The fraction of sp³-hybridized carbons (Fsp3) is 0.297. The second-order valence-corrected chi connectivity index (χ2v) is 13.0. The van der Waals surface area contributed by atoms with Crippen molar-refractivity contribution in [1.29, 1.82) is 0 Å². The summed E-state index contributed by atoms with van der Waals surface area (Å²) in [6.45, 7) is 11.0. The summed E-state index contributed by atoms with van der Waals surface area (Å²) in [5.74, 6) is -0.602. The van der Waals surface area contributed by atoms with Crippen molar-refractivity contribution >= 4 is 46.0 Å². The third-order valence-electron chi connectivity index (χ3n) is 9.33. The Morgan fingerprint density at radius 2 is 1.88 bits per heavy atom. The van der Waals surface area contributed by atoms with Crippen LogP contribution in [0.25, 0.3) is 27.9 Å². The van der Waals surface area contributed by atoms with E-state index in [1.165, 1.54) is 18.3 Å². The number of nitrogens with zero attached hydrogens (tertiary/aromatic N) is 5. The molecule has 2 fully saturated rings. The van der Waals surface area contributed by atoms with E-state index in [0.717, 1.165) is 33.3 Å². The number of aromatic nitrogens is 2. The van der Waals surface area contributed by atoms with Crippen LogP contribution in [-0.4, -0.2) is 88.9 Å². The Morgan fingerprint density at radius 3 is 2.59 bits per heavy atom. The number of aromatic amines is 1. The maximum Gasteiger partial charge on any atom is 0.245 e. The molecule has 49 heavy (non-hydrogen) atoms. The number of hydrogen-bond donors (Lipinski definition) is 4. The average Bonchev–Trinajstić information content (AvgIpc) is 3.70. The topological polar surface area (TPSA) is 149 Å². The first-order valence-corrected chi connectivity index (χ1v) is 16.4. The molecule has 0 bridgehead atoms. The Morgan fingerprint density at radius 1 is 1.12 bits per heavy atom. The molecule has 2 aliphatic rings. The number of aliphatic imine (C=N–C) groups is 1. The number of carbonyl (C=O) groups is 2. The second kappa shape index (κ2) is 14.0. The Bertz CT molecular complexity index is 1920. The lowest BCUT2D eigenvalue weighted by molar-refractivity contribution is -0.134.